The zero-order chi connectivity index (χ0) is 25.9. The van der Waals surface area contributed by atoms with Gasteiger partial charge in [-0.2, -0.15) is 0 Å². The molecule has 11 atom stereocenters. The highest BCUT2D eigenvalue weighted by Gasteiger charge is 2.61. The Morgan fingerprint density at radius 1 is 1.23 bits per heavy atom. The fraction of sp³-hybridized carbons (Fsp3) is 0.889. The fourth-order valence-electron chi connectivity index (χ4n) is 6.49. The van der Waals surface area contributed by atoms with Gasteiger partial charge in [-0.05, 0) is 75.3 Å². The Morgan fingerprint density at radius 2 is 1.91 bits per heavy atom. The maximum absolute atomic E-state index is 13.6. The van der Waals surface area contributed by atoms with E-state index in [0.717, 1.165) is 38.8 Å². The van der Waals surface area contributed by atoms with Crippen LogP contribution in [0.1, 0.15) is 73.1 Å². The van der Waals surface area contributed by atoms with Crippen LogP contribution in [0.5, 0.6) is 0 Å². The summed E-state index contributed by atoms with van der Waals surface area (Å²) >= 11 is 0. The number of fused-ring (bicyclic) bond motifs is 1. The Balaban J connectivity index is 1.75. The molecule has 11 unspecified atom stereocenters. The Kier molecular flexibility index (Phi) is 10.0. The van der Waals surface area contributed by atoms with Crippen LogP contribution < -0.4 is 16.8 Å². The smallest absolute Gasteiger partial charge is 0.228 e. The summed E-state index contributed by atoms with van der Waals surface area (Å²) in [5, 5.41) is 25.6. The summed E-state index contributed by atoms with van der Waals surface area (Å²) in [5.41, 5.74) is 12.8. The molecule has 1 aliphatic heterocycles. The van der Waals surface area contributed by atoms with E-state index >= 15 is 0 Å². The topological polar surface area (TPSA) is 134 Å². The number of likely N-dealkylation sites (N-methyl/N-ethyl adjacent to an activating group) is 1. The Bertz CT molecular complexity index is 728. The van der Waals surface area contributed by atoms with E-state index in [9.17, 15) is 15.0 Å². The molecule has 0 bridgehead atoms. The number of carbonyl (C=O) groups is 1. The molecule has 0 spiro atoms. The maximum atomic E-state index is 13.6. The van der Waals surface area contributed by atoms with Crippen LogP contribution in [0.4, 0.5) is 0 Å². The third-order valence-corrected chi connectivity index (χ3v) is 8.65. The molecule has 2 saturated carbocycles. The second-order valence-corrected chi connectivity index (χ2v) is 11.5. The number of rotatable bonds is 11. The first kappa shape index (κ1) is 28.4. The Labute approximate surface area is 211 Å². The van der Waals surface area contributed by atoms with E-state index in [1.165, 1.54) is 11.0 Å². The Hall–Kier alpha value is -1.19. The summed E-state index contributed by atoms with van der Waals surface area (Å²) in [7, 11) is 0. The summed E-state index contributed by atoms with van der Waals surface area (Å²) in [4.78, 5) is 15.1. The first-order valence-electron chi connectivity index (χ1n) is 13.8. The van der Waals surface area contributed by atoms with Crippen LogP contribution in [0.15, 0.2) is 11.8 Å². The minimum atomic E-state index is -1.15. The van der Waals surface area contributed by atoms with Gasteiger partial charge in [-0.3, -0.25) is 4.79 Å². The van der Waals surface area contributed by atoms with Crippen molar-refractivity contribution in [3.8, 4) is 0 Å². The number of aliphatic hydroxyl groups excluding tert-OH is 2. The highest BCUT2D eigenvalue weighted by Crippen LogP contribution is 2.59. The molecule has 1 heterocycles. The fourth-order valence-corrected chi connectivity index (χ4v) is 6.49. The zero-order valence-electron chi connectivity index (χ0n) is 22.4. The van der Waals surface area contributed by atoms with Crippen molar-refractivity contribution in [3.63, 3.8) is 0 Å². The molecule has 8 nitrogen and oxygen atoms in total. The number of allylic oxidation sites excluding steroid dienone is 1. The van der Waals surface area contributed by atoms with E-state index in [-0.39, 0.29) is 30.1 Å². The SMILES string of the molecule is CCNCC1CCC(N)C(C2C3CC(O)C(N(C(=O)C(C)CC(C)CC)C(O)/C=C(\C)N)CC32)O1. The van der Waals surface area contributed by atoms with Gasteiger partial charge < -0.3 is 36.6 Å². The number of amides is 1. The van der Waals surface area contributed by atoms with E-state index in [1.54, 1.807) is 6.92 Å². The predicted molar refractivity (Wildman–Crippen MR) is 138 cm³/mol. The average molecular weight is 495 g/mol. The lowest BCUT2D eigenvalue weighted by atomic mass is 9.88. The van der Waals surface area contributed by atoms with Crippen molar-refractivity contribution in [2.75, 3.05) is 13.1 Å². The van der Waals surface area contributed by atoms with E-state index in [1.807, 2.05) is 6.92 Å². The van der Waals surface area contributed by atoms with Gasteiger partial charge in [-0.1, -0.05) is 34.1 Å². The molecule has 3 aliphatic rings. The first-order chi connectivity index (χ1) is 16.6. The molecule has 0 aromatic rings. The van der Waals surface area contributed by atoms with Gasteiger partial charge in [0, 0.05) is 24.2 Å². The number of carbonyl (C=O) groups excluding carboxylic acids is 1. The monoisotopic (exact) mass is 494 g/mol. The van der Waals surface area contributed by atoms with Crippen molar-refractivity contribution in [1.29, 1.82) is 0 Å². The second kappa shape index (κ2) is 12.4. The number of nitrogens with one attached hydrogen (secondary N) is 1. The number of hydrogen-bond acceptors (Lipinski definition) is 7. The van der Waals surface area contributed by atoms with Crippen molar-refractivity contribution < 1.29 is 19.7 Å². The van der Waals surface area contributed by atoms with Gasteiger partial charge in [0.05, 0.1) is 24.4 Å². The second-order valence-electron chi connectivity index (χ2n) is 11.5. The average Bonchev–Trinajstić information content (AvgIpc) is 3.49. The lowest BCUT2D eigenvalue weighted by molar-refractivity contribution is -0.153. The van der Waals surface area contributed by atoms with Gasteiger partial charge in [0.2, 0.25) is 5.91 Å². The van der Waals surface area contributed by atoms with E-state index in [2.05, 4.69) is 26.1 Å². The van der Waals surface area contributed by atoms with Gasteiger partial charge in [0.25, 0.3) is 0 Å². The van der Waals surface area contributed by atoms with Gasteiger partial charge in [-0.15, -0.1) is 0 Å². The van der Waals surface area contributed by atoms with Crippen LogP contribution in [-0.2, 0) is 9.53 Å². The molecule has 3 rings (SSSR count). The molecule has 1 saturated heterocycles. The number of nitrogens with zero attached hydrogens (tertiary/aromatic N) is 1. The molecule has 7 N–H and O–H groups in total. The van der Waals surface area contributed by atoms with Crippen molar-refractivity contribution >= 4 is 5.91 Å². The number of aliphatic hydroxyl groups is 2. The van der Waals surface area contributed by atoms with Crippen molar-refractivity contribution in [3.05, 3.63) is 11.8 Å². The summed E-state index contributed by atoms with van der Waals surface area (Å²) in [6, 6.07) is -0.447. The van der Waals surface area contributed by atoms with E-state index < -0.39 is 18.4 Å². The number of nitrogens with two attached hydrogens (primary N) is 2. The van der Waals surface area contributed by atoms with Crippen molar-refractivity contribution in [2.24, 2.45) is 41.1 Å². The normalized spacial score (nSPS) is 37.8. The molecule has 35 heavy (non-hydrogen) atoms. The van der Waals surface area contributed by atoms with Crippen LogP contribution in [0.3, 0.4) is 0 Å². The van der Waals surface area contributed by atoms with Crippen LogP contribution in [0.25, 0.3) is 0 Å². The minimum Gasteiger partial charge on any atom is -0.402 e. The van der Waals surface area contributed by atoms with Gasteiger partial charge >= 0.3 is 0 Å². The highest BCUT2D eigenvalue weighted by molar-refractivity contribution is 5.79. The molecule has 3 fully saturated rings. The van der Waals surface area contributed by atoms with Crippen LogP contribution in [0, 0.1) is 29.6 Å². The molecule has 1 amide bonds. The summed E-state index contributed by atoms with van der Waals surface area (Å²) in [6.45, 7) is 11.7. The van der Waals surface area contributed by atoms with Gasteiger partial charge in [0.1, 0.15) is 0 Å². The van der Waals surface area contributed by atoms with Crippen molar-refractivity contribution in [2.45, 2.75) is 110 Å². The zero-order valence-corrected chi connectivity index (χ0v) is 22.4. The van der Waals surface area contributed by atoms with E-state index in [0.29, 0.717) is 42.2 Å². The molecular weight excluding hydrogens is 444 g/mol. The number of ether oxygens (including phenoxy) is 1. The van der Waals surface area contributed by atoms with E-state index in [4.69, 9.17) is 16.2 Å². The third kappa shape index (κ3) is 6.77. The highest BCUT2D eigenvalue weighted by atomic mass is 16.5. The lowest BCUT2D eigenvalue weighted by Gasteiger charge is -2.41. The van der Waals surface area contributed by atoms with Crippen LogP contribution in [-0.4, -0.2) is 70.7 Å². The molecule has 0 radical (unpaired) electrons. The van der Waals surface area contributed by atoms with Crippen LogP contribution in [0.2, 0.25) is 0 Å². The maximum Gasteiger partial charge on any atom is 0.228 e. The molecular formula is C27H50N4O4. The molecule has 202 valence electrons. The van der Waals surface area contributed by atoms with Crippen LogP contribution >= 0.6 is 0 Å². The summed E-state index contributed by atoms with van der Waals surface area (Å²) < 4.78 is 6.46. The minimum absolute atomic E-state index is 0.000714. The Morgan fingerprint density at radius 3 is 2.54 bits per heavy atom. The summed E-state index contributed by atoms with van der Waals surface area (Å²) in [6.07, 6.45) is 4.71. The first-order valence-corrected chi connectivity index (χ1v) is 13.8. The largest absolute Gasteiger partial charge is 0.402 e. The predicted octanol–water partition coefficient (Wildman–Crippen LogP) is 1.94. The molecule has 0 aromatic heterocycles. The van der Waals surface area contributed by atoms with Gasteiger partial charge in [-0.25, -0.2) is 0 Å². The molecule has 0 aromatic carbocycles. The summed E-state index contributed by atoms with van der Waals surface area (Å²) in [5.74, 6) is 1.04. The standard InChI is InChI=1S/C27H50N4O4/c1-6-15(3)10-16(4)27(34)31(24(33)11-17(5)28)22-12-19-20(13-23(22)32)25(19)26-21(29)9-8-18(35-26)14-30-7-2/h11,15-16,18-26,30,32-33H,6-10,12-14,28-29H2,1-5H3/b17-11+. The third-order valence-electron chi connectivity index (χ3n) is 8.65. The quantitative estimate of drug-likeness (QED) is 0.277. The van der Waals surface area contributed by atoms with Gasteiger partial charge in [0.15, 0.2) is 6.23 Å². The van der Waals surface area contributed by atoms with Crippen molar-refractivity contribution in [1.82, 2.24) is 10.2 Å². The number of hydrogen-bond donors (Lipinski definition) is 5. The molecule has 2 aliphatic carbocycles. The lowest BCUT2D eigenvalue weighted by Crippen LogP contribution is -2.55. The molecule has 8 heteroatoms.